The second-order valence-corrected chi connectivity index (χ2v) is 7.74. The van der Waals surface area contributed by atoms with E-state index < -0.39 is 24.1 Å². The zero-order chi connectivity index (χ0) is 23.6. The van der Waals surface area contributed by atoms with Gasteiger partial charge in [-0.2, -0.15) is 5.10 Å². The number of hydrogen-bond donors (Lipinski definition) is 2. The number of methoxy groups -OCH3 is 1. The Balaban J connectivity index is 1.51. The summed E-state index contributed by atoms with van der Waals surface area (Å²) in [4.78, 5) is 23.8. The lowest BCUT2D eigenvalue weighted by atomic mass is 10.2. The number of nitrogens with zero attached hydrogens (tertiary/aromatic N) is 1. The molecule has 0 aliphatic heterocycles. The zero-order valence-electron chi connectivity index (χ0n) is 17.7. The molecular formula is C24H21BrFN3O4. The van der Waals surface area contributed by atoms with Gasteiger partial charge in [-0.15, -0.1) is 0 Å². The highest BCUT2D eigenvalue weighted by Crippen LogP contribution is 2.28. The number of rotatable bonds is 9. The van der Waals surface area contributed by atoms with Gasteiger partial charge in [0, 0.05) is 4.47 Å². The van der Waals surface area contributed by atoms with Gasteiger partial charge in [0.2, 0.25) is 11.8 Å². The third-order valence-corrected chi connectivity index (χ3v) is 4.90. The molecular weight excluding hydrogens is 493 g/mol. The first-order valence-electron chi connectivity index (χ1n) is 9.86. The van der Waals surface area contributed by atoms with Gasteiger partial charge < -0.3 is 14.8 Å². The number of amides is 2. The van der Waals surface area contributed by atoms with Crippen molar-refractivity contribution >= 4 is 39.6 Å². The normalized spacial score (nSPS) is 10.6. The standard InChI is InChI=1S/C24H21BrFN3O4/c1-32-22-12-17(8-11-21(22)33-15-16-6-9-18(25)10-7-16)14-27-29-24(31)13-23(30)28-20-5-3-2-4-19(20)26/h2-12,14H,13,15H2,1H3,(H,28,30)(H,29,31). The van der Waals surface area contributed by atoms with Crippen molar-refractivity contribution in [2.45, 2.75) is 13.0 Å². The average molecular weight is 514 g/mol. The highest BCUT2D eigenvalue weighted by atomic mass is 79.9. The summed E-state index contributed by atoms with van der Waals surface area (Å²) < 4.78 is 25.8. The Hall–Kier alpha value is -3.72. The average Bonchev–Trinajstić information content (AvgIpc) is 2.80. The van der Waals surface area contributed by atoms with Gasteiger partial charge in [0.1, 0.15) is 18.8 Å². The smallest absolute Gasteiger partial charge is 0.249 e. The molecule has 0 aliphatic rings. The first-order valence-corrected chi connectivity index (χ1v) is 10.7. The van der Waals surface area contributed by atoms with Crippen LogP contribution in [-0.2, 0) is 16.2 Å². The number of ether oxygens (including phenoxy) is 2. The predicted molar refractivity (Wildman–Crippen MR) is 127 cm³/mol. The van der Waals surface area contributed by atoms with Gasteiger partial charge in [-0.3, -0.25) is 9.59 Å². The lowest BCUT2D eigenvalue weighted by Crippen LogP contribution is -2.24. The first-order chi connectivity index (χ1) is 15.9. The number of para-hydroxylation sites is 1. The topological polar surface area (TPSA) is 89.0 Å². The highest BCUT2D eigenvalue weighted by Gasteiger charge is 2.11. The maximum atomic E-state index is 13.6. The maximum Gasteiger partial charge on any atom is 0.249 e. The lowest BCUT2D eigenvalue weighted by molar-refractivity contribution is -0.126. The SMILES string of the molecule is COc1cc(C=NNC(=O)CC(=O)Nc2ccccc2F)ccc1OCc1ccc(Br)cc1. The Labute approximate surface area is 198 Å². The molecule has 0 aromatic heterocycles. The van der Waals surface area contributed by atoms with E-state index in [2.05, 4.69) is 31.8 Å². The number of hydrazone groups is 1. The van der Waals surface area contributed by atoms with Crippen LogP contribution in [0.4, 0.5) is 10.1 Å². The Morgan fingerprint density at radius 1 is 1.03 bits per heavy atom. The quantitative estimate of drug-likeness (QED) is 0.247. The molecule has 2 N–H and O–H groups in total. The summed E-state index contributed by atoms with van der Waals surface area (Å²) >= 11 is 3.40. The van der Waals surface area contributed by atoms with Gasteiger partial charge in [0.05, 0.1) is 19.0 Å². The van der Waals surface area contributed by atoms with Crippen LogP contribution in [0.3, 0.4) is 0 Å². The molecule has 0 saturated heterocycles. The predicted octanol–water partition coefficient (Wildman–Crippen LogP) is 4.65. The van der Waals surface area contributed by atoms with E-state index in [1.54, 1.807) is 24.3 Å². The van der Waals surface area contributed by atoms with Crippen LogP contribution in [-0.4, -0.2) is 25.1 Å². The van der Waals surface area contributed by atoms with Crippen molar-refractivity contribution in [2.75, 3.05) is 12.4 Å². The number of benzene rings is 3. The molecule has 0 unspecified atom stereocenters. The van der Waals surface area contributed by atoms with Crippen LogP contribution in [0, 0.1) is 5.82 Å². The minimum absolute atomic E-state index is 0.00772. The summed E-state index contributed by atoms with van der Waals surface area (Å²) in [5.41, 5.74) is 3.93. The van der Waals surface area contributed by atoms with E-state index in [-0.39, 0.29) is 5.69 Å². The first kappa shape index (κ1) is 23.9. The number of carbonyl (C=O) groups is 2. The number of carbonyl (C=O) groups excluding carboxylic acids is 2. The molecule has 170 valence electrons. The van der Waals surface area contributed by atoms with Crippen LogP contribution in [0.25, 0.3) is 0 Å². The van der Waals surface area contributed by atoms with Crippen LogP contribution >= 0.6 is 15.9 Å². The van der Waals surface area contributed by atoms with Crippen molar-refractivity contribution in [3.8, 4) is 11.5 Å². The fraction of sp³-hybridized carbons (Fsp3) is 0.125. The van der Waals surface area contributed by atoms with Crippen molar-refractivity contribution in [3.05, 3.63) is 88.1 Å². The molecule has 3 rings (SSSR count). The van der Waals surface area contributed by atoms with E-state index in [1.165, 1.54) is 31.5 Å². The molecule has 0 saturated carbocycles. The molecule has 33 heavy (non-hydrogen) atoms. The van der Waals surface area contributed by atoms with Crippen LogP contribution in [0.5, 0.6) is 11.5 Å². The summed E-state index contributed by atoms with van der Waals surface area (Å²) in [5, 5.41) is 6.18. The van der Waals surface area contributed by atoms with Gasteiger partial charge in [0.15, 0.2) is 11.5 Å². The van der Waals surface area contributed by atoms with E-state index in [4.69, 9.17) is 9.47 Å². The number of anilines is 1. The molecule has 0 spiro atoms. The van der Waals surface area contributed by atoms with Gasteiger partial charge in [-0.05, 0) is 53.6 Å². The largest absolute Gasteiger partial charge is 0.493 e. The maximum absolute atomic E-state index is 13.6. The Kier molecular flexibility index (Phi) is 8.54. The summed E-state index contributed by atoms with van der Waals surface area (Å²) in [6, 6.07) is 18.7. The van der Waals surface area contributed by atoms with Crippen molar-refractivity contribution in [1.29, 1.82) is 0 Å². The monoisotopic (exact) mass is 513 g/mol. The Morgan fingerprint density at radius 2 is 1.79 bits per heavy atom. The summed E-state index contributed by atoms with van der Waals surface area (Å²) in [7, 11) is 1.53. The Bertz CT molecular complexity index is 1150. The molecule has 0 bridgehead atoms. The van der Waals surface area contributed by atoms with Gasteiger partial charge in [-0.1, -0.05) is 40.2 Å². The van der Waals surface area contributed by atoms with E-state index in [0.29, 0.717) is 23.7 Å². The van der Waals surface area contributed by atoms with Crippen LogP contribution in [0.1, 0.15) is 17.5 Å². The van der Waals surface area contributed by atoms with E-state index in [0.717, 1.165) is 10.0 Å². The van der Waals surface area contributed by atoms with Crippen molar-refractivity contribution in [2.24, 2.45) is 5.10 Å². The molecule has 9 heteroatoms. The summed E-state index contributed by atoms with van der Waals surface area (Å²) in [5.74, 6) is -0.802. The van der Waals surface area contributed by atoms with Crippen molar-refractivity contribution in [3.63, 3.8) is 0 Å². The molecule has 0 radical (unpaired) electrons. The highest BCUT2D eigenvalue weighted by molar-refractivity contribution is 9.10. The van der Waals surface area contributed by atoms with Gasteiger partial charge in [-0.25, -0.2) is 9.82 Å². The second-order valence-electron chi connectivity index (χ2n) is 6.82. The molecule has 3 aromatic rings. The number of nitrogens with one attached hydrogen (secondary N) is 2. The molecule has 0 fully saturated rings. The van der Waals surface area contributed by atoms with Gasteiger partial charge >= 0.3 is 0 Å². The zero-order valence-corrected chi connectivity index (χ0v) is 19.3. The van der Waals surface area contributed by atoms with Crippen LogP contribution in [0.15, 0.2) is 76.3 Å². The third kappa shape index (κ3) is 7.43. The third-order valence-electron chi connectivity index (χ3n) is 4.37. The second kappa shape index (κ2) is 11.8. The molecule has 0 aliphatic carbocycles. The van der Waals surface area contributed by atoms with Crippen LogP contribution in [0.2, 0.25) is 0 Å². The Morgan fingerprint density at radius 3 is 2.52 bits per heavy atom. The minimum atomic E-state index is -0.651. The van der Waals surface area contributed by atoms with Crippen molar-refractivity contribution < 1.29 is 23.5 Å². The molecule has 3 aromatic carbocycles. The van der Waals surface area contributed by atoms with Crippen molar-refractivity contribution in [1.82, 2.24) is 5.43 Å². The summed E-state index contributed by atoms with van der Waals surface area (Å²) in [6.07, 6.45) is 0.908. The summed E-state index contributed by atoms with van der Waals surface area (Å²) in [6.45, 7) is 0.377. The van der Waals surface area contributed by atoms with E-state index in [9.17, 15) is 14.0 Å². The van der Waals surface area contributed by atoms with E-state index >= 15 is 0 Å². The van der Waals surface area contributed by atoms with Gasteiger partial charge in [0.25, 0.3) is 0 Å². The minimum Gasteiger partial charge on any atom is -0.493 e. The molecule has 2 amide bonds. The number of hydrogen-bond acceptors (Lipinski definition) is 5. The fourth-order valence-electron chi connectivity index (χ4n) is 2.75. The molecule has 7 nitrogen and oxygen atoms in total. The molecule has 0 atom stereocenters. The number of halogens is 2. The van der Waals surface area contributed by atoms with E-state index in [1.807, 2.05) is 24.3 Å². The molecule has 0 heterocycles. The van der Waals surface area contributed by atoms with Crippen LogP contribution < -0.4 is 20.2 Å². The fourth-order valence-corrected chi connectivity index (χ4v) is 3.01. The lowest BCUT2D eigenvalue weighted by Gasteiger charge is -2.11.